The minimum absolute atomic E-state index is 0.0572. The fraction of sp³-hybridized carbons (Fsp3) is 0.308. The van der Waals surface area contributed by atoms with E-state index in [2.05, 4.69) is 6.58 Å². The van der Waals surface area contributed by atoms with Crippen molar-refractivity contribution in [2.24, 2.45) is 0 Å². The highest BCUT2D eigenvalue weighted by molar-refractivity contribution is 5.97. The third-order valence-electron chi connectivity index (χ3n) is 2.31. The van der Waals surface area contributed by atoms with Crippen LogP contribution in [0.15, 0.2) is 36.9 Å². The number of hydrogen-bond acceptors (Lipinski definition) is 4. The molecule has 0 atom stereocenters. The Kier molecular flexibility index (Phi) is 5.73. The van der Waals surface area contributed by atoms with Crippen LogP contribution in [0, 0.1) is 10.1 Å². The van der Waals surface area contributed by atoms with Crippen molar-refractivity contribution in [2.45, 2.75) is 12.8 Å². The molecule has 18 heavy (non-hydrogen) atoms. The van der Waals surface area contributed by atoms with Crippen molar-refractivity contribution in [2.75, 3.05) is 13.2 Å². The molecule has 5 heteroatoms. The average Bonchev–Trinajstić information content (AvgIpc) is 2.38. The van der Waals surface area contributed by atoms with Crippen molar-refractivity contribution < 1.29 is 14.5 Å². The van der Waals surface area contributed by atoms with E-state index in [4.69, 9.17) is 4.74 Å². The molecule has 0 aliphatic rings. The number of rotatable bonds is 8. The van der Waals surface area contributed by atoms with Gasteiger partial charge in [-0.3, -0.25) is 14.9 Å². The summed E-state index contributed by atoms with van der Waals surface area (Å²) in [5, 5.41) is 10.6. The Morgan fingerprint density at radius 3 is 2.94 bits per heavy atom. The summed E-state index contributed by atoms with van der Waals surface area (Å²) >= 11 is 0. The normalized spacial score (nSPS) is 10.0. The Hall–Kier alpha value is -2.01. The molecule has 0 unspecified atom stereocenters. The first-order valence-electron chi connectivity index (χ1n) is 5.61. The number of hydrogen-bond donors (Lipinski definition) is 0. The summed E-state index contributed by atoms with van der Waals surface area (Å²) in [5.41, 5.74) is 0.209. The molecule has 0 amide bonds. The van der Waals surface area contributed by atoms with E-state index in [1.54, 1.807) is 12.1 Å². The van der Waals surface area contributed by atoms with Gasteiger partial charge in [-0.2, -0.15) is 0 Å². The second-order valence-corrected chi connectivity index (χ2v) is 3.71. The van der Waals surface area contributed by atoms with Crippen LogP contribution in [0.25, 0.3) is 0 Å². The van der Waals surface area contributed by atoms with Crippen molar-refractivity contribution in [3.05, 3.63) is 52.6 Å². The molecule has 0 fully saturated rings. The third kappa shape index (κ3) is 4.47. The van der Waals surface area contributed by atoms with Crippen LogP contribution in [-0.2, 0) is 4.74 Å². The monoisotopic (exact) mass is 249 g/mol. The van der Waals surface area contributed by atoms with E-state index in [0.29, 0.717) is 12.2 Å². The molecule has 0 spiro atoms. The number of unbranched alkanes of at least 4 members (excludes halogenated alkanes) is 1. The van der Waals surface area contributed by atoms with Crippen molar-refractivity contribution in [1.82, 2.24) is 0 Å². The molecule has 0 radical (unpaired) electrons. The van der Waals surface area contributed by atoms with Crippen LogP contribution in [0.5, 0.6) is 0 Å². The first-order chi connectivity index (χ1) is 8.65. The number of carbonyl (C=O) groups excluding carboxylic acids is 1. The Bertz CT molecular complexity index is 442. The zero-order chi connectivity index (χ0) is 13.4. The lowest BCUT2D eigenvalue weighted by atomic mass is 10.1. The van der Waals surface area contributed by atoms with Gasteiger partial charge in [-0.25, -0.2) is 0 Å². The maximum absolute atomic E-state index is 11.7. The van der Waals surface area contributed by atoms with Crippen LogP contribution in [0.1, 0.15) is 23.2 Å². The molecule has 0 saturated carbocycles. The topological polar surface area (TPSA) is 69.4 Å². The number of carbonyl (C=O) groups is 1. The summed E-state index contributed by atoms with van der Waals surface area (Å²) in [6.07, 6.45) is 3.43. The third-order valence-corrected chi connectivity index (χ3v) is 2.31. The molecule has 0 N–H and O–H groups in total. The van der Waals surface area contributed by atoms with Crippen LogP contribution in [0.4, 0.5) is 5.69 Å². The second kappa shape index (κ2) is 7.34. The molecule has 96 valence electrons. The van der Waals surface area contributed by atoms with E-state index in [1.165, 1.54) is 18.2 Å². The largest absolute Gasteiger partial charge is 0.373 e. The van der Waals surface area contributed by atoms with Crippen LogP contribution in [0.3, 0.4) is 0 Å². The van der Waals surface area contributed by atoms with Crippen molar-refractivity contribution >= 4 is 11.5 Å². The predicted molar refractivity (Wildman–Crippen MR) is 67.7 cm³/mol. The van der Waals surface area contributed by atoms with Gasteiger partial charge < -0.3 is 4.74 Å². The molecule has 0 aliphatic heterocycles. The summed E-state index contributed by atoms with van der Waals surface area (Å²) in [4.78, 5) is 21.7. The minimum Gasteiger partial charge on any atom is -0.373 e. The number of allylic oxidation sites excluding steroid dienone is 1. The Morgan fingerprint density at radius 1 is 1.50 bits per heavy atom. The summed E-state index contributed by atoms with van der Waals surface area (Å²) in [7, 11) is 0. The summed E-state index contributed by atoms with van der Waals surface area (Å²) in [6.45, 7) is 4.00. The number of ether oxygens (including phenoxy) is 1. The van der Waals surface area contributed by atoms with Crippen LogP contribution < -0.4 is 0 Å². The fourth-order valence-electron chi connectivity index (χ4n) is 1.37. The number of nitro benzene ring substituents is 1. The quantitative estimate of drug-likeness (QED) is 0.233. The molecular weight excluding hydrogens is 234 g/mol. The van der Waals surface area contributed by atoms with Crippen molar-refractivity contribution in [1.29, 1.82) is 0 Å². The average molecular weight is 249 g/mol. The van der Waals surface area contributed by atoms with Gasteiger partial charge in [0, 0.05) is 24.3 Å². The van der Waals surface area contributed by atoms with E-state index >= 15 is 0 Å². The van der Waals surface area contributed by atoms with Gasteiger partial charge >= 0.3 is 0 Å². The molecule has 0 saturated heterocycles. The number of Topliss-reactive ketones (excluding diaryl/α,β-unsaturated/α-hetero) is 1. The Balaban J connectivity index is 2.48. The fourth-order valence-corrected chi connectivity index (χ4v) is 1.37. The number of ketones is 1. The lowest BCUT2D eigenvalue weighted by Gasteiger charge is -2.02. The smallest absolute Gasteiger partial charge is 0.270 e. The van der Waals surface area contributed by atoms with E-state index < -0.39 is 4.92 Å². The van der Waals surface area contributed by atoms with E-state index in [-0.39, 0.29) is 18.1 Å². The number of nitrogens with zero attached hydrogens (tertiary/aromatic N) is 1. The Morgan fingerprint density at radius 2 is 2.28 bits per heavy atom. The molecule has 0 aliphatic carbocycles. The van der Waals surface area contributed by atoms with E-state index in [9.17, 15) is 14.9 Å². The van der Waals surface area contributed by atoms with Gasteiger partial charge in [0.1, 0.15) is 6.61 Å². The highest BCUT2D eigenvalue weighted by atomic mass is 16.6. The zero-order valence-electron chi connectivity index (χ0n) is 10.0. The number of non-ortho nitro benzene ring substituents is 1. The van der Waals surface area contributed by atoms with Crippen molar-refractivity contribution in [3.8, 4) is 0 Å². The highest BCUT2D eigenvalue weighted by Crippen LogP contribution is 2.13. The lowest BCUT2D eigenvalue weighted by molar-refractivity contribution is -0.384. The maximum Gasteiger partial charge on any atom is 0.270 e. The predicted octanol–water partition coefficient (Wildman–Crippen LogP) is 2.76. The number of benzene rings is 1. The van der Waals surface area contributed by atoms with Gasteiger partial charge in [-0.15, -0.1) is 6.58 Å². The van der Waals surface area contributed by atoms with Crippen molar-refractivity contribution in [3.63, 3.8) is 0 Å². The Labute approximate surface area is 105 Å². The van der Waals surface area contributed by atoms with Crippen LogP contribution in [0.2, 0.25) is 0 Å². The summed E-state index contributed by atoms with van der Waals surface area (Å²) < 4.78 is 5.19. The SMILES string of the molecule is C=CCCCOCC(=O)c1cccc([N+](=O)[O-])c1. The minimum atomic E-state index is -0.526. The molecule has 1 aromatic rings. The molecular formula is C13H15NO4. The molecule has 0 bridgehead atoms. The summed E-state index contributed by atoms with van der Waals surface area (Å²) in [6, 6.07) is 5.64. The standard InChI is InChI=1S/C13H15NO4/c1-2-3-4-8-18-10-13(15)11-6-5-7-12(9-11)14(16)17/h2,5-7,9H,1,3-4,8,10H2. The van der Waals surface area contributed by atoms with Gasteiger partial charge in [0.05, 0.1) is 4.92 Å². The number of nitro groups is 1. The molecule has 0 aromatic heterocycles. The van der Waals surface area contributed by atoms with Gasteiger partial charge in [-0.05, 0) is 12.8 Å². The van der Waals surface area contributed by atoms with Gasteiger partial charge in [0.15, 0.2) is 5.78 Å². The molecule has 0 heterocycles. The summed E-state index contributed by atoms with van der Waals surface area (Å²) in [5.74, 6) is -0.252. The van der Waals surface area contributed by atoms with E-state index in [0.717, 1.165) is 12.8 Å². The molecule has 5 nitrogen and oxygen atoms in total. The highest BCUT2D eigenvalue weighted by Gasteiger charge is 2.11. The van der Waals surface area contributed by atoms with E-state index in [1.807, 2.05) is 0 Å². The van der Waals surface area contributed by atoms with Gasteiger partial charge in [-0.1, -0.05) is 18.2 Å². The first-order valence-corrected chi connectivity index (χ1v) is 5.61. The molecule has 1 rings (SSSR count). The first kappa shape index (κ1) is 14.1. The maximum atomic E-state index is 11.7. The van der Waals surface area contributed by atoms with Gasteiger partial charge in [0.2, 0.25) is 0 Å². The van der Waals surface area contributed by atoms with Gasteiger partial charge in [0.25, 0.3) is 5.69 Å². The zero-order valence-corrected chi connectivity index (χ0v) is 10.0. The lowest BCUT2D eigenvalue weighted by Crippen LogP contribution is -2.10. The second-order valence-electron chi connectivity index (χ2n) is 3.71. The molecule has 1 aromatic carbocycles. The van der Waals surface area contributed by atoms with Crippen LogP contribution >= 0.6 is 0 Å². The van der Waals surface area contributed by atoms with Crippen LogP contribution in [-0.4, -0.2) is 23.9 Å².